The molecular weight excluding hydrogens is 681 g/mol. The fourth-order valence-electron chi connectivity index (χ4n) is 12.6. The standard InChI is InChI=1S/C44H54N4O6/c1-7-25-17-24-20-43(41(50)53-5)39(25)45-16-15-29-28-13-14-34(52-4)36(38(28)48(21-24)40(29)43)31-18-32-26(8-2)22-47(3)35(44(32,23-49)42(51)54-6)19-30-27-11-9-10-12-33(27)46-37(30)31/h8-14,24-25,31-32,35,39,45-46,49H,7,15-23H2,1-6H3/t24-,25-,31+,32-,35+,39-,43+,44+/m1/s1. The molecule has 2 aromatic carbocycles. The van der Waals surface area contributed by atoms with Crippen LogP contribution in [0.3, 0.4) is 0 Å². The Labute approximate surface area is 317 Å². The average molecular weight is 735 g/mol. The van der Waals surface area contributed by atoms with Gasteiger partial charge in [0.25, 0.3) is 0 Å². The summed E-state index contributed by atoms with van der Waals surface area (Å²) in [6, 6.07) is 12.4. The number of benzene rings is 2. The number of esters is 2. The largest absolute Gasteiger partial charge is 0.496 e. The highest BCUT2D eigenvalue weighted by molar-refractivity contribution is 5.96. The normalized spacial score (nSPS) is 32.5. The molecule has 54 heavy (non-hydrogen) atoms. The van der Waals surface area contributed by atoms with E-state index in [1.807, 2.05) is 6.92 Å². The molecule has 10 heteroatoms. The van der Waals surface area contributed by atoms with Crippen LogP contribution in [0.4, 0.5) is 0 Å². The number of aromatic amines is 1. The third-order valence-corrected chi connectivity index (χ3v) is 14.7. The molecule has 286 valence electrons. The van der Waals surface area contributed by atoms with Gasteiger partial charge in [-0.2, -0.15) is 0 Å². The first-order valence-corrected chi connectivity index (χ1v) is 19.9. The van der Waals surface area contributed by atoms with E-state index in [0.717, 1.165) is 94.4 Å². The first-order valence-electron chi connectivity index (χ1n) is 19.9. The van der Waals surface area contributed by atoms with Gasteiger partial charge in [-0.15, -0.1) is 0 Å². The number of nitrogens with zero attached hydrogens (tertiary/aromatic N) is 2. The predicted molar refractivity (Wildman–Crippen MR) is 208 cm³/mol. The van der Waals surface area contributed by atoms with Gasteiger partial charge in [-0.25, -0.2) is 0 Å². The topological polar surface area (TPSA) is 118 Å². The number of H-pyrrole nitrogens is 1. The van der Waals surface area contributed by atoms with E-state index >= 15 is 0 Å². The average Bonchev–Trinajstić information content (AvgIpc) is 3.63. The molecule has 0 unspecified atom stereocenters. The van der Waals surface area contributed by atoms with E-state index in [-0.39, 0.29) is 42.5 Å². The first-order chi connectivity index (χ1) is 26.2. The van der Waals surface area contributed by atoms with Gasteiger partial charge >= 0.3 is 11.9 Å². The molecule has 1 saturated heterocycles. The summed E-state index contributed by atoms with van der Waals surface area (Å²) in [5.74, 6) is 0.397. The number of aliphatic hydroxyl groups is 1. The van der Waals surface area contributed by atoms with E-state index in [4.69, 9.17) is 14.2 Å². The number of carbonyl (C=O) groups excluding carboxylic acids is 2. The minimum Gasteiger partial charge on any atom is -0.496 e. The maximum absolute atomic E-state index is 14.4. The molecule has 2 aromatic heterocycles. The number of likely N-dealkylation sites (tertiary alicyclic amines) is 1. The van der Waals surface area contributed by atoms with E-state index in [0.29, 0.717) is 31.2 Å². The number of aliphatic hydroxyl groups excluding tert-OH is 1. The highest BCUT2D eigenvalue weighted by atomic mass is 16.5. The third kappa shape index (κ3) is 4.56. The Bertz CT molecular complexity index is 2200. The number of likely N-dealkylation sites (N-methyl/N-ethyl adjacent to an activating group) is 1. The van der Waals surface area contributed by atoms with E-state index in [1.165, 1.54) is 12.7 Å². The fourth-order valence-corrected chi connectivity index (χ4v) is 12.6. The number of hydrogen-bond acceptors (Lipinski definition) is 8. The Morgan fingerprint density at radius 3 is 2.56 bits per heavy atom. The van der Waals surface area contributed by atoms with Crippen LogP contribution in [-0.4, -0.2) is 91.7 Å². The van der Waals surface area contributed by atoms with Crippen molar-refractivity contribution in [2.45, 2.75) is 82.3 Å². The smallest absolute Gasteiger partial charge is 0.319 e. The van der Waals surface area contributed by atoms with Crippen molar-refractivity contribution < 1.29 is 28.9 Å². The second kappa shape index (κ2) is 13.0. The number of hydrogen-bond donors (Lipinski definition) is 3. The quantitative estimate of drug-likeness (QED) is 0.173. The molecule has 10 nitrogen and oxygen atoms in total. The number of aromatic nitrogens is 2. The Kier molecular flexibility index (Phi) is 8.56. The number of allylic oxidation sites excluding steroid dienone is 1. The molecule has 3 N–H and O–H groups in total. The number of fused-ring (bicyclic) bond motifs is 9. The van der Waals surface area contributed by atoms with Gasteiger partial charge in [0.15, 0.2) is 0 Å². The molecule has 2 fully saturated rings. The highest BCUT2D eigenvalue weighted by Gasteiger charge is 2.62. The first kappa shape index (κ1) is 35.6. The predicted octanol–water partition coefficient (Wildman–Crippen LogP) is 5.61. The van der Waals surface area contributed by atoms with E-state index in [2.05, 4.69) is 76.2 Å². The lowest BCUT2D eigenvalue weighted by Gasteiger charge is -2.54. The summed E-state index contributed by atoms with van der Waals surface area (Å²) in [6.45, 7) is 6.26. The number of methoxy groups -OCH3 is 3. The Morgan fingerprint density at radius 2 is 1.83 bits per heavy atom. The van der Waals surface area contributed by atoms with Gasteiger partial charge in [0.05, 0.1) is 33.5 Å². The van der Waals surface area contributed by atoms with Crippen LogP contribution in [-0.2, 0) is 43.9 Å². The SMILES string of the molecule is CC=C1CN(C)[C@H]2Cc3c([nH]c4ccccc34)[C@H](c3c(OC)ccc4c5c6n(c34)C[C@@H]3C[C@@H](CC)[C@@H](NCC5)[C@@]6(C(=O)OC)C3)C[C@H]1[C@]2(CO)C(=O)OC. The molecule has 2 aliphatic carbocycles. The summed E-state index contributed by atoms with van der Waals surface area (Å²) >= 11 is 0. The van der Waals surface area contributed by atoms with Crippen LogP contribution in [0.1, 0.15) is 73.5 Å². The summed E-state index contributed by atoms with van der Waals surface area (Å²) in [6.07, 6.45) is 6.89. The zero-order chi connectivity index (χ0) is 37.7. The molecular formula is C44H54N4O6. The van der Waals surface area contributed by atoms with Crippen molar-refractivity contribution in [3.63, 3.8) is 0 Å². The van der Waals surface area contributed by atoms with Gasteiger partial charge in [0.2, 0.25) is 0 Å². The zero-order valence-electron chi connectivity index (χ0n) is 32.5. The van der Waals surface area contributed by atoms with Crippen molar-refractivity contribution in [3.8, 4) is 5.75 Å². The van der Waals surface area contributed by atoms with Crippen molar-refractivity contribution in [2.75, 3.05) is 48.1 Å². The van der Waals surface area contributed by atoms with Crippen molar-refractivity contribution in [3.05, 3.63) is 76.1 Å². The monoisotopic (exact) mass is 734 g/mol. The van der Waals surface area contributed by atoms with Crippen LogP contribution < -0.4 is 10.1 Å². The molecule has 1 saturated carbocycles. The van der Waals surface area contributed by atoms with E-state index in [1.54, 1.807) is 14.2 Å². The summed E-state index contributed by atoms with van der Waals surface area (Å²) in [7, 11) is 6.79. The van der Waals surface area contributed by atoms with Gasteiger partial charge in [0.1, 0.15) is 16.6 Å². The van der Waals surface area contributed by atoms with Gasteiger partial charge in [-0.05, 0) is 93.8 Å². The number of piperidine rings is 1. The zero-order valence-corrected chi connectivity index (χ0v) is 32.5. The minimum absolute atomic E-state index is 0.0125. The summed E-state index contributed by atoms with van der Waals surface area (Å²) in [4.78, 5) is 34.9. The Balaban J connectivity index is 1.39. The number of carbonyl (C=O) groups is 2. The molecule has 9 rings (SSSR count). The fraction of sp³-hybridized carbons (Fsp3) is 0.545. The Hall–Kier alpha value is -4.12. The van der Waals surface area contributed by atoms with Crippen LogP contribution in [0.5, 0.6) is 5.75 Å². The number of ether oxygens (including phenoxy) is 3. The molecule has 0 radical (unpaired) electrons. The van der Waals surface area contributed by atoms with Crippen molar-refractivity contribution in [1.29, 1.82) is 0 Å². The summed E-state index contributed by atoms with van der Waals surface area (Å²) in [5.41, 5.74) is 6.96. The summed E-state index contributed by atoms with van der Waals surface area (Å²) < 4.78 is 20.3. The molecule has 5 heterocycles. The van der Waals surface area contributed by atoms with Crippen molar-refractivity contribution in [1.82, 2.24) is 19.8 Å². The second-order valence-electron chi connectivity index (χ2n) is 16.7. The van der Waals surface area contributed by atoms with Gasteiger partial charge in [-0.3, -0.25) is 14.5 Å². The molecule has 3 aliphatic heterocycles. The maximum atomic E-state index is 14.4. The minimum atomic E-state index is -1.19. The van der Waals surface area contributed by atoms with Crippen LogP contribution in [0.2, 0.25) is 0 Å². The number of para-hydroxylation sites is 1. The molecule has 8 atom stereocenters. The van der Waals surface area contributed by atoms with Gasteiger partial charge in [-0.1, -0.05) is 43.2 Å². The van der Waals surface area contributed by atoms with Crippen LogP contribution in [0.15, 0.2) is 48.0 Å². The van der Waals surface area contributed by atoms with E-state index < -0.39 is 10.8 Å². The molecule has 0 amide bonds. The lowest BCUT2D eigenvalue weighted by molar-refractivity contribution is -0.169. The molecule has 4 aromatic rings. The second-order valence-corrected chi connectivity index (χ2v) is 16.7. The van der Waals surface area contributed by atoms with Crippen molar-refractivity contribution in [2.24, 2.45) is 23.2 Å². The van der Waals surface area contributed by atoms with Crippen LogP contribution in [0.25, 0.3) is 21.8 Å². The maximum Gasteiger partial charge on any atom is 0.319 e. The lowest BCUT2D eigenvalue weighted by Crippen LogP contribution is -2.63. The van der Waals surface area contributed by atoms with Gasteiger partial charge in [0, 0.05) is 70.2 Å². The highest BCUT2D eigenvalue weighted by Crippen LogP contribution is 2.58. The number of nitrogens with one attached hydrogen (secondary N) is 2. The van der Waals surface area contributed by atoms with Crippen molar-refractivity contribution >= 4 is 33.7 Å². The number of rotatable bonds is 6. The van der Waals surface area contributed by atoms with E-state index in [9.17, 15) is 14.7 Å². The van der Waals surface area contributed by atoms with Crippen LogP contribution >= 0.6 is 0 Å². The van der Waals surface area contributed by atoms with Crippen LogP contribution in [0, 0.1) is 23.2 Å². The summed E-state index contributed by atoms with van der Waals surface area (Å²) in [5, 5.41) is 17.7. The Morgan fingerprint density at radius 1 is 1.04 bits per heavy atom. The molecule has 0 spiro atoms. The lowest BCUT2D eigenvalue weighted by atomic mass is 9.58. The molecule has 4 bridgehead atoms. The third-order valence-electron chi connectivity index (χ3n) is 14.7. The molecule has 5 aliphatic rings. The van der Waals surface area contributed by atoms with Gasteiger partial charge < -0.3 is 34.2 Å².